The molecule has 0 aromatic carbocycles. The van der Waals surface area contributed by atoms with Crippen LogP contribution in [-0.2, 0) is 4.74 Å². The maximum Gasteiger partial charge on any atom is 0.226 e. The van der Waals surface area contributed by atoms with Gasteiger partial charge in [-0.2, -0.15) is 4.98 Å². The Morgan fingerprint density at radius 1 is 1.25 bits per heavy atom. The summed E-state index contributed by atoms with van der Waals surface area (Å²) in [4.78, 5) is 8.82. The number of anilines is 1. The van der Waals surface area contributed by atoms with Crippen LogP contribution in [-0.4, -0.2) is 35.8 Å². The van der Waals surface area contributed by atoms with Gasteiger partial charge >= 0.3 is 0 Å². The average Bonchev–Trinajstić information content (AvgIpc) is 2.40. The van der Waals surface area contributed by atoms with Crippen LogP contribution in [0.5, 0.6) is 5.88 Å². The molecule has 0 aliphatic heterocycles. The van der Waals surface area contributed by atoms with E-state index in [9.17, 15) is 0 Å². The summed E-state index contributed by atoms with van der Waals surface area (Å²) >= 11 is 0. The summed E-state index contributed by atoms with van der Waals surface area (Å²) < 4.78 is 11.1. The number of aromatic nitrogens is 2. The Kier molecular flexibility index (Phi) is 7.30. The Morgan fingerprint density at radius 3 is 2.60 bits per heavy atom. The number of aryl methyl sites for hydroxylation is 1. The summed E-state index contributed by atoms with van der Waals surface area (Å²) in [6.45, 7) is 12.4. The van der Waals surface area contributed by atoms with Crippen molar-refractivity contribution in [1.82, 2.24) is 9.97 Å². The molecule has 0 radical (unpaired) electrons. The minimum atomic E-state index is 0.191. The number of ether oxygens (including phenoxy) is 2. The van der Waals surface area contributed by atoms with E-state index in [0.29, 0.717) is 37.6 Å². The Morgan fingerprint density at radius 2 is 2.00 bits per heavy atom. The van der Waals surface area contributed by atoms with Crippen molar-refractivity contribution in [2.45, 2.75) is 47.1 Å². The lowest BCUT2D eigenvalue weighted by atomic mass is 10.1. The van der Waals surface area contributed by atoms with Crippen molar-refractivity contribution in [3.63, 3.8) is 0 Å². The maximum absolute atomic E-state index is 5.58. The highest BCUT2D eigenvalue weighted by Crippen LogP contribution is 2.15. The van der Waals surface area contributed by atoms with Crippen molar-refractivity contribution in [2.24, 2.45) is 5.92 Å². The summed E-state index contributed by atoms with van der Waals surface area (Å²) in [6, 6.07) is 2.05. The molecular weight excluding hydrogens is 254 g/mol. The number of hydrogen-bond donors (Lipinski definition) is 1. The molecule has 0 bridgehead atoms. The molecule has 1 aromatic heterocycles. The van der Waals surface area contributed by atoms with Crippen LogP contribution in [0.15, 0.2) is 6.07 Å². The van der Waals surface area contributed by atoms with Crippen LogP contribution in [0.3, 0.4) is 0 Å². The molecule has 1 heterocycles. The number of nitrogens with one attached hydrogen (secondary N) is 1. The van der Waals surface area contributed by atoms with Gasteiger partial charge in [0.05, 0.1) is 19.3 Å². The van der Waals surface area contributed by atoms with Gasteiger partial charge in [0.25, 0.3) is 0 Å². The van der Waals surface area contributed by atoms with E-state index in [0.717, 1.165) is 12.1 Å². The Bertz CT molecular complexity index is 397. The molecule has 0 saturated heterocycles. The molecule has 1 atom stereocenters. The van der Waals surface area contributed by atoms with Crippen LogP contribution >= 0.6 is 0 Å². The van der Waals surface area contributed by atoms with Crippen LogP contribution in [0, 0.1) is 12.8 Å². The predicted molar refractivity (Wildman–Crippen MR) is 81.3 cm³/mol. The molecule has 0 spiro atoms. The van der Waals surface area contributed by atoms with Crippen molar-refractivity contribution in [1.29, 1.82) is 0 Å². The fourth-order valence-electron chi connectivity index (χ4n) is 1.70. The van der Waals surface area contributed by atoms with E-state index in [1.807, 2.05) is 19.9 Å². The summed E-state index contributed by atoms with van der Waals surface area (Å²) in [5, 5.41) is 3.34. The zero-order chi connectivity index (χ0) is 15.0. The average molecular weight is 281 g/mol. The molecule has 0 aliphatic rings. The third-order valence-corrected chi connectivity index (χ3v) is 2.91. The lowest BCUT2D eigenvalue weighted by Crippen LogP contribution is -2.31. The lowest BCUT2D eigenvalue weighted by Gasteiger charge is -2.22. The highest BCUT2D eigenvalue weighted by molar-refractivity contribution is 5.32. The first-order valence-corrected chi connectivity index (χ1v) is 7.39. The van der Waals surface area contributed by atoms with Crippen molar-refractivity contribution in [2.75, 3.05) is 25.1 Å². The number of rotatable bonds is 9. The van der Waals surface area contributed by atoms with Gasteiger partial charge in [-0.3, -0.25) is 0 Å². The van der Waals surface area contributed by atoms with Gasteiger partial charge in [-0.25, -0.2) is 4.98 Å². The van der Waals surface area contributed by atoms with Crippen molar-refractivity contribution < 1.29 is 9.47 Å². The van der Waals surface area contributed by atoms with Crippen molar-refractivity contribution in [3.05, 3.63) is 11.8 Å². The first-order valence-electron chi connectivity index (χ1n) is 7.39. The molecule has 5 nitrogen and oxygen atoms in total. The third-order valence-electron chi connectivity index (χ3n) is 2.91. The van der Waals surface area contributed by atoms with Gasteiger partial charge in [0, 0.05) is 18.4 Å². The quantitative estimate of drug-likeness (QED) is 0.754. The normalized spacial score (nSPS) is 12.5. The van der Waals surface area contributed by atoms with Gasteiger partial charge in [0.15, 0.2) is 0 Å². The van der Waals surface area contributed by atoms with Gasteiger partial charge in [0.1, 0.15) is 0 Å². The van der Waals surface area contributed by atoms with E-state index in [2.05, 4.69) is 36.1 Å². The second-order valence-electron chi connectivity index (χ2n) is 5.17. The van der Waals surface area contributed by atoms with E-state index < -0.39 is 0 Å². The molecule has 1 unspecified atom stereocenters. The zero-order valence-electron chi connectivity index (χ0n) is 13.3. The predicted octanol–water partition coefficient (Wildman–Crippen LogP) is 3.05. The molecule has 1 aromatic rings. The third kappa shape index (κ3) is 5.74. The summed E-state index contributed by atoms with van der Waals surface area (Å²) in [5.74, 6) is 1.67. The summed E-state index contributed by atoms with van der Waals surface area (Å²) in [6.07, 6.45) is 0.963. The molecule has 0 amide bonds. The second-order valence-corrected chi connectivity index (χ2v) is 5.17. The molecule has 5 heteroatoms. The maximum atomic E-state index is 5.58. The van der Waals surface area contributed by atoms with Crippen LogP contribution in [0.4, 0.5) is 5.95 Å². The highest BCUT2D eigenvalue weighted by atomic mass is 16.5. The van der Waals surface area contributed by atoms with Crippen LogP contribution in [0.25, 0.3) is 0 Å². The van der Waals surface area contributed by atoms with Gasteiger partial charge in [-0.15, -0.1) is 0 Å². The first-order chi connectivity index (χ1) is 9.56. The van der Waals surface area contributed by atoms with Crippen LogP contribution in [0.2, 0.25) is 0 Å². The monoisotopic (exact) mass is 281 g/mol. The standard InChI is InChI=1S/C15H27N3O2/c1-6-8-20-14-9-12(5)16-15(18-14)17-13(11(3)4)10-19-7-2/h9,11,13H,6-8,10H2,1-5H3,(H,16,17,18). The van der Waals surface area contributed by atoms with E-state index in [4.69, 9.17) is 9.47 Å². The van der Waals surface area contributed by atoms with Gasteiger partial charge < -0.3 is 14.8 Å². The second kappa shape index (κ2) is 8.74. The fraction of sp³-hybridized carbons (Fsp3) is 0.733. The largest absolute Gasteiger partial charge is 0.478 e. The van der Waals surface area contributed by atoms with Crippen molar-refractivity contribution in [3.8, 4) is 5.88 Å². The van der Waals surface area contributed by atoms with E-state index in [1.165, 1.54) is 0 Å². The minimum Gasteiger partial charge on any atom is -0.478 e. The topological polar surface area (TPSA) is 56.3 Å². The van der Waals surface area contributed by atoms with E-state index in [-0.39, 0.29) is 6.04 Å². The van der Waals surface area contributed by atoms with Gasteiger partial charge in [-0.05, 0) is 26.2 Å². The molecule has 1 rings (SSSR count). The fourth-order valence-corrected chi connectivity index (χ4v) is 1.70. The Balaban J connectivity index is 2.75. The molecule has 0 aliphatic carbocycles. The van der Waals surface area contributed by atoms with Gasteiger partial charge in [0.2, 0.25) is 11.8 Å². The lowest BCUT2D eigenvalue weighted by molar-refractivity contribution is 0.126. The van der Waals surface area contributed by atoms with E-state index >= 15 is 0 Å². The first kappa shape index (κ1) is 16.7. The molecular formula is C15H27N3O2. The molecule has 0 fully saturated rings. The SMILES string of the molecule is CCCOc1cc(C)nc(NC(COCC)C(C)C)n1. The number of nitrogens with zero attached hydrogens (tertiary/aromatic N) is 2. The number of hydrogen-bond acceptors (Lipinski definition) is 5. The molecule has 1 N–H and O–H groups in total. The summed E-state index contributed by atoms with van der Waals surface area (Å²) in [7, 11) is 0. The molecule has 0 saturated carbocycles. The van der Waals surface area contributed by atoms with Gasteiger partial charge in [-0.1, -0.05) is 20.8 Å². The Labute approximate surface area is 122 Å². The smallest absolute Gasteiger partial charge is 0.226 e. The van der Waals surface area contributed by atoms with E-state index in [1.54, 1.807) is 0 Å². The van der Waals surface area contributed by atoms with Crippen molar-refractivity contribution >= 4 is 5.95 Å². The minimum absolute atomic E-state index is 0.191. The van der Waals surface area contributed by atoms with Crippen LogP contribution in [0.1, 0.15) is 39.8 Å². The highest BCUT2D eigenvalue weighted by Gasteiger charge is 2.15. The molecule has 20 heavy (non-hydrogen) atoms. The van der Waals surface area contributed by atoms with Crippen LogP contribution < -0.4 is 10.1 Å². The molecule has 114 valence electrons. The zero-order valence-corrected chi connectivity index (χ0v) is 13.3. The Hall–Kier alpha value is -1.36. The summed E-state index contributed by atoms with van der Waals surface area (Å²) in [5.41, 5.74) is 0.896.